The second kappa shape index (κ2) is 26.5. The van der Waals surface area contributed by atoms with E-state index in [0.29, 0.717) is 66.6 Å². The molecule has 0 aromatic heterocycles. The lowest BCUT2D eigenvalue weighted by Crippen LogP contribution is -2.47. The molecular formula is C51H54Cl3N7O13S3. The quantitative estimate of drug-likeness (QED) is 0.0664. The molecule has 20 nitrogen and oxygen atoms in total. The van der Waals surface area contributed by atoms with Crippen LogP contribution in [-0.4, -0.2) is 144 Å². The smallest absolute Gasteiger partial charge is 0.337 e. The average Bonchev–Trinajstić information content (AvgIpc) is 3.43. The third-order valence-electron chi connectivity index (χ3n) is 11.7. The first kappa shape index (κ1) is 59.4. The number of carbonyl (C=O) groups excluding carboxylic acids is 2. The number of nitrogens with one attached hydrogen (secondary N) is 4. The number of sulfonamides is 3. The maximum absolute atomic E-state index is 13.0. The van der Waals surface area contributed by atoms with Crippen LogP contribution in [0.25, 0.3) is 0 Å². The second-order valence-electron chi connectivity index (χ2n) is 16.9. The topological polar surface area (TPSA) is 259 Å². The first-order valence-electron chi connectivity index (χ1n) is 23.1. The minimum atomic E-state index is -3.92. The molecule has 2 fully saturated rings. The summed E-state index contributed by atoms with van der Waals surface area (Å²) < 4.78 is 97.8. The number of hydrogen-bond acceptors (Lipinski definition) is 14. The number of anilines is 3. The lowest BCUT2D eigenvalue weighted by Gasteiger charge is -2.32. The number of amides is 2. The minimum Gasteiger partial charge on any atom is -0.497 e. The molecule has 8 rings (SSSR count). The zero-order chi connectivity index (χ0) is 56.1. The number of ether oxygens (including phenoxy) is 3. The maximum Gasteiger partial charge on any atom is 0.337 e. The number of methoxy groups -OCH3 is 3. The van der Waals surface area contributed by atoms with E-state index in [1.54, 1.807) is 46.2 Å². The predicted molar refractivity (Wildman–Crippen MR) is 295 cm³/mol. The molecule has 0 atom stereocenters. The van der Waals surface area contributed by atoms with Crippen LogP contribution >= 0.6 is 34.8 Å². The van der Waals surface area contributed by atoms with Crippen LogP contribution in [-0.2, 0) is 30.1 Å². The third kappa shape index (κ3) is 16.1. The van der Waals surface area contributed by atoms with Crippen molar-refractivity contribution in [1.82, 2.24) is 20.0 Å². The van der Waals surface area contributed by atoms with Crippen molar-refractivity contribution < 1.29 is 59.0 Å². The molecule has 410 valence electrons. The Kier molecular flexibility index (Phi) is 20.4. The van der Waals surface area contributed by atoms with Crippen LogP contribution in [0.2, 0.25) is 15.1 Å². The van der Waals surface area contributed by atoms with Crippen LogP contribution in [0.15, 0.2) is 142 Å². The molecule has 0 spiro atoms. The molecule has 77 heavy (non-hydrogen) atoms. The van der Waals surface area contributed by atoms with E-state index in [0.717, 1.165) is 13.1 Å². The Morgan fingerprint density at radius 3 is 1.08 bits per heavy atom. The third-order valence-corrected chi connectivity index (χ3v) is 16.5. The van der Waals surface area contributed by atoms with Crippen LogP contribution in [0.3, 0.4) is 0 Å². The molecule has 2 aliphatic rings. The van der Waals surface area contributed by atoms with E-state index in [4.69, 9.17) is 54.1 Å². The van der Waals surface area contributed by atoms with E-state index in [9.17, 15) is 39.6 Å². The summed E-state index contributed by atoms with van der Waals surface area (Å²) >= 11 is 17.8. The molecule has 2 heterocycles. The molecule has 0 aliphatic carbocycles. The number of hydrogen-bond donors (Lipinski definition) is 5. The molecule has 0 saturated carbocycles. The van der Waals surface area contributed by atoms with Gasteiger partial charge >= 0.3 is 5.97 Å². The molecule has 6 aromatic rings. The van der Waals surface area contributed by atoms with Gasteiger partial charge < -0.3 is 39.3 Å². The summed E-state index contributed by atoms with van der Waals surface area (Å²) in [6.07, 6.45) is 0. The van der Waals surface area contributed by atoms with Crippen LogP contribution in [0.4, 0.5) is 17.1 Å². The van der Waals surface area contributed by atoms with Gasteiger partial charge in [0, 0.05) is 67.4 Å². The molecule has 0 unspecified atom stereocenters. The van der Waals surface area contributed by atoms with Crippen molar-refractivity contribution in [3.63, 3.8) is 0 Å². The molecule has 0 radical (unpaired) electrons. The van der Waals surface area contributed by atoms with Crippen LogP contribution < -0.4 is 33.7 Å². The fourth-order valence-corrected chi connectivity index (χ4v) is 11.2. The van der Waals surface area contributed by atoms with Gasteiger partial charge in [-0.3, -0.25) is 23.8 Å². The Morgan fingerprint density at radius 1 is 0.468 bits per heavy atom. The Hall–Kier alpha value is -6.83. The summed E-state index contributed by atoms with van der Waals surface area (Å²) in [5.41, 5.74) is 0.552. The van der Waals surface area contributed by atoms with Crippen molar-refractivity contribution in [2.75, 3.05) is 94.9 Å². The van der Waals surface area contributed by atoms with Gasteiger partial charge in [0.05, 0.1) is 69.8 Å². The summed E-state index contributed by atoms with van der Waals surface area (Å²) in [5.74, 6) is -0.174. The fraction of sp³-hybridized carbons (Fsp3) is 0.235. The Labute approximate surface area is 461 Å². The van der Waals surface area contributed by atoms with Gasteiger partial charge in [-0.2, -0.15) is 0 Å². The van der Waals surface area contributed by atoms with Crippen molar-refractivity contribution in [2.45, 2.75) is 14.7 Å². The Balaban J connectivity index is 0.000000189. The number of likely N-dealkylation sites (N-methyl/N-ethyl adjacent to an activating group) is 1. The van der Waals surface area contributed by atoms with Gasteiger partial charge in [0.15, 0.2) is 0 Å². The van der Waals surface area contributed by atoms with Crippen LogP contribution in [0.1, 0.15) is 31.1 Å². The number of carboxylic acids is 1. The van der Waals surface area contributed by atoms with Gasteiger partial charge in [-0.05, 0) is 134 Å². The molecular weight excluding hydrogens is 1120 g/mol. The number of nitrogens with zero attached hydrogens (tertiary/aromatic N) is 3. The molecule has 0 bridgehead atoms. The first-order valence-corrected chi connectivity index (χ1v) is 28.7. The standard InChI is InChI=1S/C19H22ClN3O4S.C18H20ClN3O4S.C14H12ClNO5S/c1-22-9-11-23(12-10-22)19(24)17-13-14(20)3-8-18(17)21-28(25,26)16-6-4-15(27-2)5-7-16;1-26-14-3-5-15(6-4-14)27(24,25)21-17-7-2-13(19)12-16(17)18(23)22-10-8-20-9-11-22;1-21-10-3-5-11(6-4-10)22(19,20)16-13-7-2-9(15)8-12(13)14(17)18/h3-8,13,21H,9-12H2,1-2H3;2-7,12,20-21H,8-11H2,1H3;2-8,16H,1H3,(H,17,18). The second-order valence-corrected chi connectivity index (χ2v) is 23.2. The highest BCUT2D eigenvalue weighted by atomic mass is 35.5. The van der Waals surface area contributed by atoms with E-state index in [1.807, 2.05) is 7.05 Å². The predicted octanol–water partition coefficient (Wildman–Crippen LogP) is 7.58. The Bertz CT molecular complexity index is 3400. The van der Waals surface area contributed by atoms with Crippen LogP contribution in [0, 0.1) is 0 Å². The van der Waals surface area contributed by atoms with Crippen molar-refractivity contribution in [3.8, 4) is 17.2 Å². The number of piperazine rings is 2. The zero-order valence-electron chi connectivity index (χ0n) is 41.8. The molecule has 2 saturated heterocycles. The highest BCUT2D eigenvalue weighted by Crippen LogP contribution is 2.29. The highest BCUT2D eigenvalue weighted by molar-refractivity contribution is 7.93. The Morgan fingerprint density at radius 2 is 0.766 bits per heavy atom. The van der Waals surface area contributed by atoms with Gasteiger partial charge in [0.1, 0.15) is 17.2 Å². The first-order chi connectivity index (χ1) is 36.5. The van der Waals surface area contributed by atoms with E-state index in [2.05, 4.69) is 24.4 Å². The molecule has 5 N–H and O–H groups in total. The van der Waals surface area contributed by atoms with Crippen molar-refractivity contribution in [2.24, 2.45) is 0 Å². The van der Waals surface area contributed by atoms with E-state index >= 15 is 0 Å². The maximum atomic E-state index is 13.0. The molecule has 2 aliphatic heterocycles. The lowest BCUT2D eigenvalue weighted by atomic mass is 10.1. The number of rotatable bonds is 15. The fourth-order valence-electron chi connectivity index (χ4n) is 7.44. The number of aromatic carboxylic acids is 1. The van der Waals surface area contributed by atoms with Crippen molar-refractivity contribution in [3.05, 3.63) is 159 Å². The minimum absolute atomic E-state index is 0.0143. The van der Waals surface area contributed by atoms with E-state index < -0.39 is 36.0 Å². The molecule has 2 amide bonds. The largest absolute Gasteiger partial charge is 0.497 e. The van der Waals surface area contributed by atoms with Gasteiger partial charge in [0.2, 0.25) is 0 Å². The highest BCUT2D eigenvalue weighted by Gasteiger charge is 2.27. The SMILES string of the molecule is COc1ccc(S(=O)(=O)Nc2ccc(Cl)cc2C(=O)N2CCN(C)CC2)cc1.COc1ccc(S(=O)(=O)Nc2ccc(Cl)cc2C(=O)N2CCNCC2)cc1.COc1ccc(S(=O)(=O)Nc2ccc(Cl)cc2C(=O)O)cc1. The summed E-state index contributed by atoms with van der Waals surface area (Å²) in [6, 6.07) is 30.7. The summed E-state index contributed by atoms with van der Waals surface area (Å²) in [6.45, 7) is 5.17. The van der Waals surface area contributed by atoms with E-state index in [-0.39, 0.29) is 65.3 Å². The summed E-state index contributed by atoms with van der Waals surface area (Å²) in [7, 11) is -5.19. The van der Waals surface area contributed by atoms with E-state index in [1.165, 1.54) is 112 Å². The number of carboxylic acid groups (broad SMARTS) is 1. The number of carbonyl (C=O) groups is 3. The zero-order valence-corrected chi connectivity index (χ0v) is 46.5. The van der Waals surface area contributed by atoms with Gasteiger partial charge in [0.25, 0.3) is 41.9 Å². The summed E-state index contributed by atoms with van der Waals surface area (Å²) in [5, 5.41) is 13.2. The lowest BCUT2D eigenvalue weighted by molar-refractivity contribution is 0.0662. The number of benzene rings is 6. The summed E-state index contributed by atoms with van der Waals surface area (Å²) in [4.78, 5) is 42.7. The molecule has 6 aromatic carbocycles. The van der Waals surface area contributed by atoms with Gasteiger partial charge in [-0.1, -0.05) is 34.8 Å². The van der Waals surface area contributed by atoms with Crippen LogP contribution in [0.5, 0.6) is 17.2 Å². The van der Waals surface area contributed by atoms with Gasteiger partial charge in [-0.15, -0.1) is 0 Å². The number of halogens is 3. The van der Waals surface area contributed by atoms with Crippen molar-refractivity contribution in [1.29, 1.82) is 0 Å². The average molecular weight is 1180 g/mol. The molecule has 26 heteroatoms. The van der Waals surface area contributed by atoms with Crippen molar-refractivity contribution >= 4 is 99.7 Å². The van der Waals surface area contributed by atoms with Gasteiger partial charge in [-0.25, -0.2) is 30.0 Å². The monoisotopic (exact) mass is 1170 g/mol. The normalized spacial score (nSPS) is 13.9.